The predicted octanol–water partition coefficient (Wildman–Crippen LogP) is 8.74. The van der Waals surface area contributed by atoms with Crippen LogP contribution in [0.1, 0.15) is 77.6 Å². The Labute approximate surface area is 193 Å². The Hall–Kier alpha value is -1.53. The minimum Gasteiger partial charge on any atom is -0.211 e. The smallest absolute Gasteiger partial charge is 0.211 e. The zero-order valence-electron chi connectivity index (χ0n) is 18.6. The van der Waals surface area contributed by atoms with Crippen LogP contribution in [0.25, 0.3) is 0 Å². The molecule has 0 spiro atoms. The maximum absolute atomic E-state index is 13.9. The number of isocyanates is 1. The van der Waals surface area contributed by atoms with E-state index >= 15 is 0 Å². The third-order valence-corrected chi connectivity index (χ3v) is 5.42. The number of hydrogen-bond donors (Lipinski definition) is 0. The summed E-state index contributed by atoms with van der Waals surface area (Å²) in [6.45, 7) is 2.01. The van der Waals surface area contributed by atoms with Crippen molar-refractivity contribution in [2.24, 2.45) is 4.99 Å². The molecule has 0 saturated carbocycles. The molecule has 0 aliphatic heterocycles. The van der Waals surface area contributed by atoms with Gasteiger partial charge in [0, 0.05) is 6.42 Å². The first kappa shape index (κ1) is 33.5. The van der Waals surface area contributed by atoms with Gasteiger partial charge in [-0.2, -0.15) is 57.1 Å². The van der Waals surface area contributed by atoms with E-state index in [0.717, 1.165) is 38.2 Å². The van der Waals surface area contributed by atoms with Gasteiger partial charge in [0.25, 0.3) is 0 Å². The molecule has 0 aliphatic carbocycles. The molecule has 208 valence electrons. The second-order valence-corrected chi connectivity index (χ2v) is 8.18. The highest BCUT2D eigenvalue weighted by Gasteiger charge is 2.90. The Morgan fingerprint density at radius 2 is 1.03 bits per heavy atom. The molecular weight excluding hydrogens is 517 g/mol. The highest BCUT2D eigenvalue weighted by Crippen LogP contribution is 2.60. The molecule has 0 aromatic rings. The number of unbranched alkanes of at least 4 members (excludes halogenated alkanes) is 7. The molecule has 0 fully saturated rings. The molecule has 35 heavy (non-hydrogen) atoms. The number of rotatable bonds is 17. The van der Waals surface area contributed by atoms with Crippen molar-refractivity contribution < 1.29 is 61.9 Å². The van der Waals surface area contributed by atoms with Crippen LogP contribution in [-0.2, 0) is 4.79 Å². The first-order valence-electron chi connectivity index (χ1n) is 10.8. The van der Waals surface area contributed by atoms with Crippen molar-refractivity contribution in [2.45, 2.75) is 119 Å². The van der Waals surface area contributed by atoms with Gasteiger partial charge in [0.15, 0.2) is 0 Å². The molecule has 0 aliphatic rings. The number of alkyl halides is 13. The monoisotopic (exact) mass is 543 g/mol. The fourth-order valence-electron chi connectivity index (χ4n) is 3.17. The number of hydrogen-bond acceptors (Lipinski definition) is 2. The standard InChI is InChI=1S/C20H26F13NO/c1-2-3-4-5-6-7-8-9-10-14(34-13-35)11-12-15(21,22)16(23,24)17(25,26)18(27,28)19(29,30)20(31,32)33/h14H,2-12H2,1H3. The molecule has 2 nitrogen and oxygen atoms in total. The first-order chi connectivity index (χ1) is 15.7. The minimum absolute atomic E-state index is 0.162. The molecule has 0 bridgehead atoms. The molecule has 0 aromatic heterocycles. The fourth-order valence-corrected chi connectivity index (χ4v) is 3.17. The van der Waals surface area contributed by atoms with E-state index in [1.54, 1.807) is 0 Å². The van der Waals surface area contributed by atoms with Crippen molar-refractivity contribution in [1.29, 1.82) is 0 Å². The molecular formula is C20H26F13NO. The molecule has 1 atom stereocenters. The van der Waals surface area contributed by atoms with Gasteiger partial charge < -0.3 is 0 Å². The maximum atomic E-state index is 13.9. The average Bonchev–Trinajstić information content (AvgIpc) is 2.72. The van der Waals surface area contributed by atoms with Gasteiger partial charge in [0.2, 0.25) is 6.08 Å². The van der Waals surface area contributed by atoms with Crippen LogP contribution in [0.3, 0.4) is 0 Å². The predicted molar refractivity (Wildman–Crippen MR) is 99.2 cm³/mol. The normalized spacial score (nSPS) is 15.1. The lowest BCUT2D eigenvalue weighted by molar-refractivity contribution is -0.440. The Bertz CT molecular complexity index is 685. The second kappa shape index (κ2) is 12.6. The molecule has 1 unspecified atom stereocenters. The zero-order chi connectivity index (χ0) is 27.8. The molecule has 0 heterocycles. The summed E-state index contributed by atoms with van der Waals surface area (Å²) in [4.78, 5) is 13.5. The van der Waals surface area contributed by atoms with Crippen LogP contribution < -0.4 is 0 Å². The van der Waals surface area contributed by atoms with E-state index in [0.29, 0.717) is 12.8 Å². The summed E-state index contributed by atoms with van der Waals surface area (Å²) in [5.41, 5.74) is 0. The number of halogens is 13. The fraction of sp³-hybridized carbons (Fsp3) is 0.950. The van der Waals surface area contributed by atoms with E-state index in [-0.39, 0.29) is 12.8 Å². The van der Waals surface area contributed by atoms with Gasteiger partial charge >= 0.3 is 35.8 Å². The van der Waals surface area contributed by atoms with Gasteiger partial charge in [-0.1, -0.05) is 58.3 Å². The van der Waals surface area contributed by atoms with Crippen LogP contribution in [0, 0.1) is 0 Å². The lowest BCUT2D eigenvalue weighted by Crippen LogP contribution is -2.70. The van der Waals surface area contributed by atoms with Gasteiger partial charge in [0.1, 0.15) is 0 Å². The molecule has 0 amide bonds. The van der Waals surface area contributed by atoms with Gasteiger partial charge in [-0.25, -0.2) is 9.79 Å². The Kier molecular flexibility index (Phi) is 12.1. The maximum Gasteiger partial charge on any atom is 0.460 e. The van der Waals surface area contributed by atoms with Gasteiger partial charge in [-0.15, -0.1) is 0 Å². The lowest BCUT2D eigenvalue weighted by Gasteiger charge is -2.39. The topological polar surface area (TPSA) is 29.4 Å². The molecule has 0 saturated heterocycles. The SMILES string of the molecule is CCCCCCCCCCC(CCC(F)(F)C(F)(F)C(F)(F)C(F)(F)C(F)(F)C(F)(F)F)N=C=O. The van der Waals surface area contributed by atoms with Crippen molar-refractivity contribution in [2.75, 3.05) is 0 Å². The summed E-state index contributed by atoms with van der Waals surface area (Å²) >= 11 is 0. The Balaban J connectivity index is 5.31. The molecule has 0 radical (unpaired) electrons. The van der Waals surface area contributed by atoms with E-state index in [2.05, 4.69) is 4.99 Å². The van der Waals surface area contributed by atoms with Crippen LogP contribution >= 0.6 is 0 Å². The van der Waals surface area contributed by atoms with Crippen molar-refractivity contribution in [3.8, 4) is 0 Å². The van der Waals surface area contributed by atoms with Crippen molar-refractivity contribution in [3.63, 3.8) is 0 Å². The highest BCUT2D eigenvalue weighted by atomic mass is 19.4. The third-order valence-electron chi connectivity index (χ3n) is 5.42. The summed E-state index contributed by atoms with van der Waals surface area (Å²) < 4.78 is 171. The Morgan fingerprint density at radius 1 is 0.600 bits per heavy atom. The summed E-state index contributed by atoms with van der Waals surface area (Å²) in [7, 11) is 0. The van der Waals surface area contributed by atoms with E-state index in [1.807, 2.05) is 6.92 Å². The van der Waals surface area contributed by atoms with Crippen LogP contribution in [0.4, 0.5) is 57.1 Å². The van der Waals surface area contributed by atoms with E-state index in [4.69, 9.17) is 0 Å². The van der Waals surface area contributed by atoms with Crippen molar-refractivity contribution >= 4 is 6.08 Å². The summed E-state index contributed by atoms with van der Waals surface area (Å²) in [6.07, 6.45) is -3.97. The second-order valence-electron chi connectivity index (χ2n) is 8.18. The van der Waals surface area contributed by atoms with Crippen LogP contribution in [0.2, 0.25) is 0 Å². The van der Waals surface area contributed by atoms with Gasteiger partial charge in [0.05, 0.1) is 6.04 Å². The van der Waals surface area contributed by atoms with E-state index < -0.39 is 54.7 Å². The quantitative estimate of drug-likeness (QED) is 0.0781. The number of aliphatic imine (C=N–C) groups is 1. The summed E-state index contributed by atoms with van der Waals surface area (Å²) in [5, 5.41) is 0. The number of nitrogens with zero attached hydrogens (tertiary/aromatic N) is 1. The molecule has 0 aromatic carbocycles. The first-order valence-corrected chi connectivity index (χ1v) is 10.8. The summed E-state index contributed by atoms with van der Waals surface area (Å²) in [5.74, 6) is -36.9. The van der Waals surface area contributed by atoms with Crippen LogP contribution in [0.5, 0.6) is 0 Å². The third kappa shape index (κ3) is 7.72. The van der Waals surface area contributed by atoms with Gasteiger partial charge in [-0.3, -0.25) is 0 Å². The van der Waals surface area contributed by atoms with Crippen molar-refractivity contribution in [1.82, 2.24) is 0 Å². The molecule has 0 rings (SSSR count). The summed E-state index contributed by atoms with van der Waals surface area (Å²) in [6, 6.07) is -1.46. The van der Waals surface area contributed by atoms with E-state index in [9.17, 15) is 61.9 Å². The van der Waals surface area contributed by atoms with Crippen molar-refractivity contribution in [3.05, 3.63) is 0 Å². The van der Waals surface area contributed by atoms with Crippen LogP contribution in [-0.4, -0.2) is 47.9 Å². The molecule has 15 heteroatoms. The Morgan fingerprint density at radius 3 is 1.46 bits per heavy atom. The average molecular weight is 543 g/mol. The lowest BCUT2D eigenvalue weighted by atomic mass is 9.90. The zero-order valence-corrected chi connectivity index (χ0v) is 18.6. The highest BCUT2D eigenvalue weighted by molar-refractivity contribution is 5.33. The number of carbonyl (C=O) groups excluding carboxylic acids is 1. The minimum atomic E-state index is -7.91. The molecule has 0 N–H and O–H groups in total. The van der Waals surface area contributed by atoms with Gasteiger partial charge in [-0.05, 0) is 12.8 Å². The van der Waals surface area contributed by atoms with Crippen LogP contribution in [0.15, 0.2) is 4.99 Å². The largest absolute Gasteiger partial charge is 0.460 e. The van der Waals surface area contributed by atoms with E-state index in [1.165, 1.54) is 0 Å².